The average molecular weight is 374 g/mol. The van der Waals surface area contributed by atoms with Gasteiger partial charge in [-0.25, -0.2) is 0 Å². The van der Waals surface area contributed by atoms with Crippen LogP contribution in [0, 0.1) is 5.41 Å². The van der Waals surface area contributed by atoms with Crippen molar-refractivity contribution in [3.05, 3.63) is 35.9 Å². The standard InChI is InChI=1S/C22H35N3O2/c1-4-27-19-14-22(23,21(19,2)3)20(26)24-15-18-12-8-9-13-25(18)16-17-10-6-5-7-11-17/h5-7,10-11,18-19H,4,8-9,12-16,23H2,1-3H3,(H,24,26). The van der Waals surface area contributed by atoms with Crippen LogP contribution in [-0.2, 0) is 16.1 Å². The van der Waals surface area contributed by atoms with Crippen molar-refractivity contribution in [2.24, 2.45) is 11.1 Å². The lowest BCUT2D eigenvalue weighted by Gasteiger charge is -2.57. The lowest BCUT2D eigenvalue weighted by Crippen LogP contribution is -2.76. The van der Waals surface area contributed by atoms with Gasteiger partial charge in [0.15, 0.2) is 0 Å². The molecule has 1 aromatic carbocycles. The summed E-state index contributed by atoms with van der Waals surface area (Å²) in [4.78, 5) is 15.4. The van der Waals surface area contributed by atoms with E-state index in [0.717, 1.165) is 19.5 Å². The third-order valence-corrected chi connectivity index (χ3v) is 6.71. The van der Waals surface area contributed by atoms with Crippen molar-refractivity contribution in [1.82, 2.24) is 10.2 Å². The van der Waals surface area contributed by atoms with Gasteiger partial charge in [-0.2, -0.15) is 0 Å². The number of likely N-dealkylation sites (tertiary alicyclic amines) is 1. The number of hydrogen-bond acceptors (Lipinski definition) is 4. The highest BCUT2D eigenvalue weighted by Gasteiger charge is 2.62. The predicted octanol–water partition coefficient (Wildman–Crippen LogP) is 2.69. The lowest BCUT2D eigenvalue weighted by molar-refractivity contribution is -0.170. The Labute approximate surface area is 163 Å². The fourth-order valence-corrected chi connectivity index (χ4v) is 4.51. The monoisotopic (exact) mass is 373 g/mol. The molecular formula is C22H35N3O2. The van der Waals surface area contributed by atoms with E-state index in [4.69, 9.17) is 10.5 Å². The largest absolute Gasteiger partial charge is 0.378 e. The molecular weight excluding hydrogens is 338 g/mol. The molecule has 3 rings (SSSR count). The van der Waals surface area contributed by atoms with Crippen LogP contribution in [0.2, 0.25) is 0 Å². The number of ether oxygens (including phenoxy) is 1. The molecule has 1 heterocycles. The molecule has 3 atom stereocenters. The van der Waals surface area contributed by atoms with Crippen molar-refractivity contribution in [1.29, 1.82) is 0 Å². The van der Waals surface area contributed by atoms with E-state index < -0.39 is 5.54 Å². The van der Waals surface area contributed by atoms with Gasteiger partial charge in [-0.3, -0.25) is 9.69 Å². The molecule has 1 saturated carbocycles. The van der Waals surface area contributed by atoms with Crippen molar-refractivity contribution >= 4 is 5.91 Å². The first-order valence-corrected chi connectivity index (χ1v) is 10.3. The van der Waals surface area contributed by atoms with Crippen LogP contribution >= 0.6 is 0 Å². The van der Waals surface area contributed by atoms with Crippen molar-refractivity contribution in [2.45, 2.75) is 70.7 Å². The highest BCUT2D eigenvalue weighted by Crippen LogP contribution is 2.49. The van der Waals surface area contributed by atoms with Gasteiger partial charge in [-0.1, -0.05) is 50.6 Å². The summed E-state index contributed by atoms with van der Waals surface area (Å²) < 4.78 is 5.75. The van der Waals surface area contributed by atoms with Crippen molar-refractivity contribution in [2.75, 3.05) is 19.7 Å². The number of rotatable bonds is 7. The minimum absolute atomic E-state index is 0.0336. The van der Waals surface area contributed by atoms with E-state index in [2.05, 4.69) is 34.5 Å². The van der Waals surface area contributed by atoms with E-state index in [9.17, 15) is 4.79 Å². The molecule has 3 N–H and O–H groups in total. The first kappa shape index (κ1) is 20.3. The second-order valence-electron chi connectivity index (χ2n) is 8.66. The molecule has 27 heavy (non-hydrogen) atoms. The van der Waals surface area contributed by atoms with Crippen molar-refractivity contribution in [3.8, 4) is 0 Å². The zero-order chi connectivity index (χ0) is 19.5. The quantitative estimate of drug-likeness (QED) is 0.771. The van der Waals surface area contributed by atoms with E-state index >= 15 is 0 Å². The van der Waals surface area contributed by atoms with Crippen LogP contribution in [0.1, 0.15) is 52.0 Å². The molecule has 0 radical (unpaired) electrons. The number of nitrogens with one attached hydrogen (secondary N) is 1. The zero-order valence-corrected chi connectivity index (χ0v) is 17.0. The Morgan fingerprint density at radius 3 is 2.70 bits per heavy atom. The van der Waals surface area contributed by atoms with Gasteiger partial charge in [-0.05, 0) is 31.9 Å². The maximum absolute atomic E-state index is 12.9. The third-order valence-electron chi connectivity index (χ3n) is 6.71. The average Bonchev–Trinajstić information content (AvgIpc) is 2.67. The maximum atomic E-state index is 12.9. The molecule has 2 fully saturated rings. The van der Waals surface area contributed by atoms with Crippen LogP contribution in [0.4, 0.5) is 0 Å². The summed E-state index contributed by atoms with van der Waals surface area (Å²) in [6.07, 6.45) is 4.22. The van der Waals surface area contributed by atoms with Gasteiger partial charge in [0.2, 0.25) is 5.91 Å². The number of benzene rings is 1. The van der Waals surface area contributed by atoms with E-state index in [-0.39, 0.29) is 17.4 Å². The molecule has 1 aliphatic carbocycles. The van der Waals surface area contributed by atoms with Crippen LogP contribution in [-0.4, -0.2) is 48.2 Å². The van der Waals surface area contributed by atoms with Gasteiger partial charge in [-0.15, -0.1) is 0 Å². The SMILES string of the molecule is CCOC1CC(N)(C(=O)NCC2CCCCN2Cc2ccccc2)C1(C)C. The molecule has 1 aromatic rings. The van der Waals surface area contributed by atoms with Gasteiger partial charge in [0.25, 0.3) is 0 Å². The van der Waals surface area contributed by atoms with E-state index in [1.807, 2.05) is 26.8 Å². The number of hydrogen-bond donors (Lipinski definition) is 2. The Balaban J connectivity index is 1.57. The Morgan fingerprint density at radius 2 is 2.04 bits per heavy atom. The molecule has 2 aliphatic rings. The topological polar surface area (TPSA) is 67.6 Å². The molecule has 0 aromatic heterocycles. The summed E-state index contributed by atoms with van der Waals surface area (Å²) in [6.45, 7) is 9.41. The smallest absolute Gasteiger partial charge is 0.240 e. The van der Waals surface area contributed by atoms with E-state index in [1.165, 1.54) is 18.4 Å². The maximum Gasteiger partial charge on any atom is 0.240 e. The lowest BCUT2D eigenvalue weighted by atomic mass is 9.54. The van der Waals surface area contributed by atoms with Gasteiger partial charge in [0.05, 0.1) is 6.10 Å². The molecule has 1 aliphatic heterocycles. The van der Waals surface area contributed by atoms with Gasteiger partial charge < -0.3 is 15.8 Å². The van der Waals surface area contributed by atoms with E-state index in [0.29, 0.717) is 25.6 Å². The Hall–Kier alpha value is -1.43. The first-order valence-electron chi connectivity index (χ1n) is 10.3. The van der Waals surface area contributed by atoms with Crippen molar-refractivity contribution < 1.29 is 9.53 Å². The number of carbonyl (C=O) groups is 1. The van der Waals surface area contributed by atoms with Gasteiger partial charge in [0.1, 0.15) is 5.54 Å². The molecule has 5 nitrogen and oxygen atoms in total. The number of nitrogens with two attached hydrogens (primary N) is 1. The summed E-state index contributed by atoms with van der Waals surface area (Å²) >= 11 is 0. The number of nitrogens with zero attached hydrogens (tertiary/aromatic N) is 1. The Morgan fingerprint density at radius 1 is 1.30 bits per heavy atom. The summed E-state index contributed by atoms with van der Waals surface area (Å²) in [7, 11) is 0. The highest BCUT2D eigenvalue weighted by atomic mass is 16.5. The second kappa shape index (κ2) is 8.29. The van der Waals surface area contributed by atoms with Crippen LogP contribution in [0.15, 0.2) is 30.3 Å². The predicted molar refractivity (Wildman–Crippen MR) is 108 cm³/mol. The number of carbonyl (C=O) groups excluding carboxylic acids is 1. The Bertz CT molecular complexity index is 634. The van der Waals surface area contributed by atoms with Crippen LogP contribution in [0.25, 0.3) is 0 Å². The molecule has 0 bridgehead atoms. The highest BCUT2D eigenvalue weighted by molar-refractivity contribution is 5.88. The number of amides is 1. The summed E-state index contributed by atoms with van der Waals surface area (Å²) in [5.74, 6) is -0.0336. The molecule has 1 saturated heterocycles. The zero-order valence-electron chi connectivity index (χ0n) is 17.0. The third kappa shape index (κ3) is 4.05. The molecule has 150 valence electrons. The van der Waals surface area contributed by atoms with Crippen LogP contribution < -0.4 is 11.1 Å². The summed E-state index contributed by atoms with van der Waals surface area (Å²) in [5.41, 5.74) is 6.65. The first-order chi connectivity index (χ1) is 12.9. The molecule has 0 spiro atoms. The summed E-state index contributed by atoms with van der Waals surface area (Å²) in [5, 5.41) is 3.17. The van der Waals surface area contributed by atoms with Crippen molar-refractivity contribution in [3.63, 3.8) is 0 Å². The molecule has 5 heteroatoms. The van der Waals surface area contributed by atoms with Gasteiger partial charge >= 0.3 is 0 Å². The van der Waals surface area contributed by atoms with Gasteiger partial charge in [0, 0.05) is 37.6 Å². The Kier molecular flexibility index (Phi) is 6.24. The molecule has 3 unspecified atom stereocenters. The molecule has 1 amide bonds. The minimum Gasteiger partial charge on any atom is -0.378 e. The second-order valence-corrected chi connectivity index (χ2v) is 8.66. The fraction of sp³-hybridized carbons (Fsp3) is 0.682. The van der Waals surface area contributed by atoms with Crippen LogP contribution in [0.5, 0.6) is 0 Å². The fourth-order valence-electron chi connectivity index (χ4n) is 4.51. The number of piperidine rings is 1. The minimum atomic E-state index is -0.842. The summed E-state index contributed by atoms with van der Waals surface area (Å²) in [6, 6.07) is 10.9. The van der Waals surface area contributed by atoms with E-state index in [1.54, 1.807) is 0 Å². The van der Waals surface area contributed by atoms with Crippen LogP contribution in [0.3, 0.4) is 0 Å². The normalized spacial score (nSPS) is 30.5.